The molecule has 0 unspecified atom stereocenters. The quantitative estimate of drug-likeness (QED) is 0.528. The summed E-state index contributed by atoms with van der Waals surface area (Å²) in [7, 11) is 0. The van der Waals surface area contributed by atoms with E-state index in [0.29, 0.717) is 6.42 Å². The predicted octanol–water partition coefficient (Wildman–Crippen LogP) is 0.573. The maximum absolute atomic E-state index is 10.7. The minimum Gasteiger partial charge on any atom is -0.318 e. The highest BCUT2D eigenvalue weighted by Crippen LogP contribution is 2.02. The van der Waals surface area contributed by atoms with Crippen molar-refractivity contribution in [2.24, 2.45) is 5.73 Å². The van der Waals surface area contributed by atoms with Gasteiger partial charge in [-0.15, -0.1) is 0 Å². The number of hydrogen-bond acceptors (Lipinski definition) is 4. The Bertz CT molecular complexity index is 273. The molecule has 0 aliphatic carbocycles. The topological polar surface area (TPSA) is 72.6 Å². The molecule has 1 rings (SSSR count). The van der Waals surface area contributed by atoms with Crippen LogP contribution in [-0.4, -0.2) is 17.3 Å². The summed E-state index contributed by atoms with van der Waals surface area (Å²) in [6, 6.07) is 8.47. The fourth-order valence-corrected chi connectivity index (χ4v) is 1.02. The number of hydrogen-bond donors (Lipinski definition) is 2. The molecule has 0 fully saturated rings. The van der Waals surface area contributed by atoms with Gasteiger partial charge >= 0.3 is 5.97 Å². The van der Waals surface area contributed by atoms with Gasteiger partial charge < -0.3 is 5.73 Å². The Morgan fingerprint density at radius 3 is 2.62 bits per heavy atom. The van der Waals surface area contributed by atoms with Gasteiger partial charge in [-0.05, 0) is 12.0 Å². The molecule has 3 N–H and O–H groups in total. The van der Waals surface area contributed by atoms with Gasteiger partial charge in [-0.1, -0.05) is 30.3 Å². The van der Waals surface area contributed by atoms with E-state index in [1.54, 1.807) is 0 Å². The van der Waals surface area contributed by atoms with Crippen LogP contribution in [0.2, 0.25) is 0 Å². The van der Waals surface area contributed by atoms with Crippen LogP contribution >= 0.6 is 0 Å². The molecule has 13 heavy (non-hydrogen) atoms. The zero-order chi connectivity index (χ0) is 9.68. The monoisotopic (exact) mass is 181 g/mol. The molecular weight excluding hydrogens is 170 g/mol. The van der Waals surface area contributed by atoms with E-state index < -0.39 is 12.0 Å². The number of carbonyl (C=O) groups is 1. The van der Waals surface area contributed by atoms with Crippen molar-refractivity contribution >= 4 is 5.97 Å². The van der Waals surface area contributed by atoms with Crippen molar-refractivity contribution < 1.29 is 14.9 Å². The van der Waals surface area contributed by atoms with E-state index in [0.717, 1.165) is 5.56 Å². The molecule has 0 aliphatic rings. The highest BCUT2D eigenvalue weighted by atomic mass is 17.1. The molecule has 4 heteroatoms. The molecule has 0 saturated carbocycles. The van der Waals surface area contributed by atoms with Crippen LogP contribution in [0.25, 0.3) is 0 Å². The van der Waals surface area contributed by atoms with Crippen molar-refractivity contribution in [3.05, 3.63) is 35.9 Å². The Kier molecular flexibility index (Phi) is 3.42. The molecule has 1 aromatic rings. The first-order chi connectivity index (χ1) is 6.24. The third-order valence-electron chi connectivity index (χ3n) is 1.69. The highest BCUT2D eigenvalue weighted by molar-refractivity contribution is 5.75. The number of rotatable bonds is 3. The molecule has 0 radical (unpaired) electrons. The van der Waals surface area contributed by atoms with Crippen LogP contribution in [-0.2, 0) is 16.1 Å². The summed E-state index contributed by atoms with van der Waals surface area (Å²) >= 11 is 0. The first-order valence-corrected chi connectivity index (χ1v) is 3.89. The highest BCUT2D eigenvalue weighted by Gasteiger charge is 2.15. The Hall–Kier alpha value is -1.39. The Morgan fingerprint density at radius 2 is 2.08 bits per heavy atom. The van der Waals surface area contributed by atoms with Gasteiger partial charge in [-0.25, -0.2) is 4.79 Å². The Balaban J connectivity index is 2.55. The van der Waals surface area contributed by atoms with E-state index in [1.165, 1.54) is 0 Å². The number of nitrogens with two attached hydrogens (primary N) is 1. The van der Waals surface area contributed by atoms with Crippen molar-refractivity contribution in [3.63, 3.8) is 0 Å². The van der Waals surface area contributed by atoms with Gasteiger partial charge in [0.15, 0.2) is 0 Å². The largest absolute Gasteiger partial charge is 0.358 e. The third kappa shape index (κ3) is 2.85. The fraction of sp³-hybridized carbons (Fsp3) is 0.222. The lowest BCUT2D eigenvalue weighted by Gasteiger charge is -2.06. The maximum Gasteiger partial charge on any atom is 0.358 e. The summed E-state index contributed by atoms with van der Waals surface area (Å²) in [6.45, 7) is 0. The average molecular weight is 181 g/mol. The smallest absolute Gasteiger partial charge is 0.318 e. The Labute approximate surface area is 75.9 Å². The number of benzene rings is 1. The van der Waals surface area contributed by atoms with Crippen LogP contribution < -0.4 is 5.73 Å². The van der Waals surface area contributed by atoms with E-state index in [9.17, 15) is 4.79 Å². The second-order valence-corrected chi connectivity index (χ2v) is 2.71. The van der Waals surface area contributed by atoms with E-state index in [2.05, 4.69) is 4.89 Å². The summed E-state index contributed by atoms with van der Waals surface area (Å²) in [5.74, 6) is -0.816. The van der Waals surface area contributed by atoms with Crippen LogP contribution in [0.1, 0.15) is 5.56 Å². The molecule has 0 bridgehead atoms. The molecule has 0 amide bonds. The minimum atomic E-state index is -0.816. The first kappa shape index (κ1) is 9.70. The molecule has 1 aromatic carbocycles. The van der Waals surface area contributed by atoms with E-state index in [-0.39, 0.29) is 0 Å². The van der Waals surface area contributed by atoms with Crippen LogP contribution in [0.15, 0.2) is 30.3 Å². The second-order valence-electron chi connectivity index (χ2n) is 2.71. The van der Waals surface area contributed by atoms with Crippen molar-refractivity contribution in [1.29, 1.82) is 0 Å². The van der Waals surface area contributed by atoms with Crippen LogP contribution in [0, 0.1) is 0 Å². The average Bonchev–Trinajstić information content (AvgIpc) is 2.18. The summed E-state index contributed by atoms with van der Waals surface area (Å²) < 4.78 is 0. The molecule has 0 aliphatic heterocycles. The molecule has 0 saturated heterocycles. The number of carbonyl (C=O) groups excluding carboxylic acids is 1. The van der Waals surface area contributed by atoms with Gasteiger partial charge in [0, 0.05) is 0 Å². The Morgan fingerprint density at radius 1 is 1.46 bits per heavy atom. The van der Waals surface area contributed by atoms with Gasteiger partial charge in [0.25, 0.3) is 0 Å². The zero-order valence-corrected chi connectivity index (χ0v) is 7.01. The zero-order valence-electron chi connectivity index (χ0n) is 7.01. The molecule has 0 spiro atoms. The minimum absolute atomic E-state index is 0.361. The van der Waals surface area contributed by atoms with Gasteiger partial charge in [0.1, 0.15) is 6.04 Å². The molecule has 70 valence electrons. The lowest BCUT2D eigenvalue weighted by Crippen LogP contribution is -2.33. The van der Waals surface area contributed by atoms with Crippen molar-refractivity contribution in [2.75, 3.05) is 0 Å². The molecule has 1 atom stereocenters. The summed E-state index contributed by atoms with van der Waals surface area (Å²) in [5, 5.41) is 8.05. The van der Waals surface area contributed by atoms with Gasteiger partial charge in [0.2, 0.25) is 0 Å². The van der Waals surface area contributed by atoms with Crippen LogP contribution in [0.5, 0.6) is 0 Å². The van der Waals surface area contributed by atoms with E-state index >= 15 is 0 Å². The fourth-order valence-electron chi connectivity index (χ4n) is 1.02. The van der Waals surface area contributed by atoms with Gasteiger partial charge in [-0.3, -0.25) is 4.89 Å². The van der Waals surface area contributed by atoms with Gasteiger partial charge in [-0.2, -0.15) is 5.26 Å². The summed E-state index contributed by atoms with van der Waals surface area (Å²) in [6.07, 6.45) is 0.361. The van der Waals surface area contributed by atoms with Crippen molar-refractivity contribution in [2.45, 2.75) is 12.5 Å². The van der Waals surface area contributed by atoms with Gasteiger partial charge in [0.05, 0.1) is 0 Å². The molecule has 4 nitrogen and oxygen atoms in total. The van der Waals surface area contributed by atoms with E-state index in [4.69, 9.17) is 11.0 Å². The second kappa shape index (κ2) is 4.59. The lowest BCUT2D eigenvalue weighted by atomic mass is 10.1. The normalized spacial score (nSPS) is 12.2. The lowest BCUT2D eigenvalue weighted by molar-refractivity contribution is -0.235. The van der Waals surface area contributed by atoms with Crippen molar-refractivity contribution in [3.8, 4) is 0 Å². The van der Waals surface area contributed by atoms with Crippen LogP contribution in [0.4, 0.5) is 0 Å². The SMILES string of the molecule is N[C@@H](Cc1ccccc1)C(=O)OO. The molecule has 0 heterocycles. The molecular formula is C9H11NO3. The predicted molar refractivity (Wildman–Crippen MR) is 46.8 cm³/mol. The third-order valence-corrected chi connectivity index (χ3v) is 1.69. The summed E-state index contributed by atoms with van der Waals surface area (Å²) in [4.78, 5) is 14.2. The summed E-state index contributed by atoms with van der Waals surface area (Å²) in [5.41, 5.74) is 6.36. The maximum atomic E-state index is 10.7. The van der Waals surface area contributed by atoms with E-state index in [1.807, 2.05) is 30.3 Å². The standard InChI is InChI=1S/C9H11NO3/c10-8(9(11)13-12)6-7-4-2-1-3-5-7/h1-5,8,12H,6,10H2/t8-/m0/s1. The first-order valence-electron chi connectivity index (χ1n) is 3.89. The molecule has 0 aromatic heterocycles. The van der Waals surface area contributed by atoms with Crippen molar-refractivity contribution in [1.82, 2.24) is 0 Å². The van der Waals surface area contributed by atoms with Crippen LogP contribution in [0.3, 0.4) is 0 Å².